The van der Waals surface area contributed by atoms with E-state index < -0.39 is 0 Å². The smallest absolute Gasteiger partial charge is 0.121 e. The lowest BCUT2D eigenvalue weighted by atomic mass is 9.95. The number of hydrogen-bond acceptors (Lipinski definition) is 2. The van der Waals surface area contributed by atoms with E-state index in [1.807, 2.05) is 52.0 Å². The van der Waals surface area contributed by atoms with Crippen LogP contribution in [0, 0.1) is 20.8 Å². The molecule has 2 rings (SSSR count). The average Bonchev–Trinajstić information content (AvgIpc) is 2.38. The summed E-state index contributed by atoms with van der Waals surface area (Å²) in [4.78, 5) is 0. The van der Waals surface area contributed by atoms with Gasteiger partial charge in [-0.05, 0) is 84.8 Å². The van der Waals surface area contributed by atoms with E-state index in [0.29, 0.717) is 11.5 Å². The van der Waals surface area contributed by atoms with Gasteiger partial charge in [0.1, 0.15) is 11.5 Å². The van der Waals surface area contributed by atoms with Gasteiger partial charge in [0, 0.05) is 0 Å². The van der Waals surface area contributed by atoms with Crippen molar-refractivity contribution in [1.82, 2.24) is 0 Å². The minimum absolute atomic E-state index is 0.356. The molecule has 0 aliphatic heterocycles. The summed E-state index contributed by atoms with van der Waals surface area (Å²) in [7, 11) is 0. The highest BCUT2D eigenvalue weighted by atomic mass is 16.3. The summed E-state index contributed by atoms with van der Waals surface area (Å²) in [5.74, 6) is 0.744. The quantitative estimate of drug-likeness (QED) is 0.843. The van der Waals surface area contributed by atoms with Gasteiger partial charge in [0.25, 0.3) is 0 Å². The number of benzene rings is 2. The van der Waals surface area contributed by atoms with Crippen LogP contribution in [0.15, 0.2) is 24.3 Å². The fraction of sp³-hybridized carbons (Fsp3) is 0.294. The lowest BCUT2D eigenvalue weighted by molar-refractivity contribution is 0.464. The van der Waals surface area contributed by atoms with Crippen LogP contribution in [0.4, 0.5) is 0 Å². The van der Waals surface area contributed by atoms with Crippen LogP contribution in [0.25, 0.3) is 11.1 Å². The number of hydrogen-bond donors (Lipinski definition) is 2. The summed E-state index contributed by atoms with van der Waals surface area (Å²) in [5, 5.41) is 19.8. The molecule has 0 aliphatic carbocycles. The summed E-state index contributed by atoms with van der Waals surface area (Å²) >= 11 is 0. The van der Waals surface area contributed by atoms with Crippen molar-refractivity contribution < 1.29 is 10.2 Å². The third kappa shape index (κ3) is 2.43. The Morgan fingerprint density at radius 3 is 1.63 bits per heavy atom. The van der Waals surface area contributed by atoms with Crippen LogP contribution in [0.5, 0.6) is 11.5 Å². The molecule has 0 amide bonds. The van der Waals surface area contributed by atoms with Gasteiger partial charge in [-0.3, -0.25) is 0 Å². The predicted octanol–water partition coefficient (Wildman–Crippen LogP) is 4.25. The monoisotopic (exact) mass is 256 g/mol. The van der Waals surface area contributed by atoms with Crippen molar-refractivity contribution in [3.63, 3.8) is 0 Å². The Balaban J connectivity index is 2.62. The van der Waals surface area contributed by atoms with Gasteiger partial charge < -0.3 is 10.2 Å². The minimum Gasteiger partial charge on any atom is -0.507 e. The van der Waals surface area contributed by atoms with E-state index in [0.717, 1.165) is 39.8 Å². The zero-order valence-electron chi connectivity index (χ0n) is 11.9. The lowest BCUT2D eigenvalue weighted by Crippen LogP contribution is -1.90. The Hall–Kier alpha value is -1.96. The molecule has 0 aromatic heterocycles. The van der Waals surface area contributed by atoms with Crippen molar-refractivity contribution in [2.75, 3.05) is 0 Å². The van der Waals surface area contributed by atoms with Crippen LogP contribution in [0.2, 0.25) is 0 Å². The molecule has 0 fully saturated rings. The molecular formula is C17H20O2. The molecule has 0 saturated carbocycles. The molecule has 19 heavy (non-hydrogen) atoms. The molecule has 0 saturated heterocycles. The fourth-order valence-electron chi connectivity index (χ4n) is 2.41. The van der Waals surface area contributed by atoms with Gasteiger partial charge in [0.05, 0.1) is 0 Å². The van der Waals surface area contributed by atoms with Crippen molar-refractivity contribution >= 4 is 0 Å². The maximum atomic E-state index is 9.98. The number of aromatic hydroxyl groups is 2. The van der Waals surface area contributed by atoms with Gasteiger partial charge >= 0.3 is 0 Å². The van der Waals surface area contributed by atoms with E-state index in [-0.39, 0.29) is 0 Å². The first-order valence-electron chi connectivity index (χ1n) is 6.57. The molecule has 0 bridgehead atoms. The minimum atomic E-state index is 0.356. The van der Waals surface area contributed by atoms with Crippen LogP contribution in [-0.2, 0) is 6.42 Å². The second kappa shape index (κ2) is 4.96. The first kappa shape index (κ1) is 13.5. The highest BCUT2D eigenvalue weighted by Gasteiger charge is 2.09. The van der Waals surface area contributed by atoms with Crippen LogP contribution in [-0.4, -0.2) is 10.2 Å². The molecule has 0 spiro atoms. The van der Waals surface area contributed by atoms with Crippen molar-refractivity contribution in [3.05, 3.63) is 46.5 Å². The van der Waals surface area contributed by atoms with Gasteiger partial charge in [-0.1, -0.05) is 6.92 Å². The lowest BCUT2D eigenvalue weighted by Gasteiger charge is -2.12. The van der Waals surface area contributed by atoms with Gasteiger partial charge in [0.15, 0.2) is 0 Å². The van der Waals surface area contributed by atoms with Crippen molar-refractivity contribution in [1.29, 1.82) is 0 Å². The first-order valence-corrected chi connectivity index (χ1v) is 6.57. The highest BCUT2D eigenvalue weighted by molar-refractivity contribution is 5.70. The van der Waals surface area contributed by atoms with Crippen molar-refractivity contribution in [2.24, 2.45) is 0 Å². The Morgan fingerprint density at radius 2 is 1.16 bits per heavy atom. The largest absolute Gasteiger partial charge is 0.507 e. The van der Waals surface area contributed by atoms with E-state index in [1.54, 1.807) is 0 Å². The Kier molecular flexibility index (Phi) is 3.52. The van der Waals surface area contributed by atoms with Gasteiger partial charge in [-0.15, -0.1) is 0 Å². The molecule has 0 unspecified atom stereocenters. The third-order valence-electron chi connectivity index (χ3n) is 3.58. The molecule has 0 radical (unpaired) electrons. The molecule has 0 aliphatic rings. The summed E-state index contributed by atoms with van der Waals surface area (Å²) < 4.78 is 0. The normalized spacial score (nSPS) is 10.7. The molecule has 2 aromatic carbocycles. The van der Waals surface area contributed by atoms with E-state index in [1.165, 1.54) is 0 Å². The first-order chi connectivity index (χ1) is 8.93. The molecule has 2 aromatic rings. The summed E-state index contributed by atoms with van der Waals surface area (Å²) in [6.45, 7) is 7.75. The number of phenolic OH excluding ortho intramolecular Hbond substituents is 2. The number of aryl methyl sites for hydroxylation is 4. The summed E-state index contributed by atoms with van der Waals surface area (Å²) in [5.41, 5.74) is 5.75. The molecule has 2 N–H and O–H groups in total. The van der Waals surface area contributed by atoms with Gasteiger partial charge in [-0.2, -0.15) is 0 Å². The molecular weight excluding hydrogens is 236 g/mol. The molecule has 2 heteroatoms. The Bertz CT molecular complexity index is 604. The molecule has 0 atom stereocenters. The summed E-state index contributed by atoms with van der Waals surface area (Å²) in [6, 6.07) is 7.97. The molecule has 100 valence electrons. The molecule has 0 heterocycles. The zero-order valence-corrected chi connectivity index (χ0v) is 11.9. The second-order valence-electron chi connectivity index (χ2n) is 5.11. The second-order valence-corrected chi connectivity index (χ2v) is 5.11. The number of rotatable bonds is 2. The van der Waals surface area contributed by atoms with E-state index in [4.69, 9.17) is 0 Å². The predicted molar refractivity (Wildman–Crippen MR) is 78.8 cm³/mol. The van der Waals surface area contributed by atoms with Gasteiger partial charge in [0.2, 0.25) is 0 Å². The Morgan fingerprint density at radius 1 is 0.737 bits per heavy atom. The van der Waals surface area contributed by atoms with Crippen LogP contribution in [0.3, 0.4) is 0 Å². The van der Waals surface area contributed by atoms with Crippen LogP contribution < -0.4 is 0 Å². The van der Waals surface area contributed by atoms with Crippen LogP contribution >= 0.6 is 0 Å². The van der Waals surface area contributed by atoms with E-state index >= 15 is 0 Å². The van der Waals surface area contributed by atoms with E-state index in [9.17, 15) is 10.2 Å². The topological polar surface area (TPSA) is 40.5 Å². The maximum absolute atomic E-state index is 9.98. The van der Waals surface area contributed by atoms with Crippen molar-refractivity contribution in [3.8, 4) is 22.6 Å². The number of phenols is 2. The fourth-order valence-corrected chi connectivity index (χ4v) is 2.41. The standard InChI is InChI=1S/C17H20O2/c1-5-13-9-15(8-12(4)17(13)19)14-6-10(2)16(18)11(3)7-14/h6-9,18-19H,5H2,1-4H3. The molecule has 2 nitrogen and oxygen atoms in total. The zero-order chi connectivity index (χ0) is 14.2. The van der Waals surface area contributed by atoms with E-state index in [2.05, 4.69) is 0 Å². The maximum Gasteiger partial charge on any atom is 0.121 e. The third-order valence-corrected chi connectivity index (χ3v) is 3.58. The highest BCUT2D eigenvalue weighted by Crippen LogP contribution is 2.33. The SMILES string of the molecule is CCc1cc(-c2cc(C)c(O)c(C)c2)cc(C)c1O. The Labute approximate surface area is 114 Å². The van der Waals surface area contributed by atoms with Crippen LogP contribution in [0.1, 0.15) is 29.2 Å². The summed E-state index contributed by atoms with van der Waals surface area (Å²) in [6.07, 6.45) is 0.802. The van der Waals surface area contributed by atoms with Crippen molar-refractivity contribution in [2.45, 2.75) is 34.1 Å². The average molecular weight is 256 g/mol. The van der Waals surface area contributed by atoms with Gasteiger partial charge in [-0.25, -0.2) is 0 Å².